The zero-order chi connectivity index (χ0) is 8.10. The predicted octanol–water partition coefficient (Wildman–Crippen LogP) is 1.68. The molecule has 0 N–H and O–H groups in total. The van der Waals surface area contributed by atoms with E-state index in [4.69, 9.17) is 6.57 Å². The molecular formula is C8H7FN2. The zero-order valence-electron chi connectivity index (χ0n) is 5.92. The maximum Gasteiger partial charge on any atom is 0.218 e. The standard InChI is InChI=1S/C8H7FN2/c1-10-5-4-7-2-3-8(9)11-6-7/h2-3,6H,4-5H2. The van der Waals surface area contributed by atoms with Crippen molar-refractivity contribution in [1.29, 1.82) is 0 Å². The lowest BCUT2D eigenvalue weighted by Gasteiger charge is -1.92. The van der Waals surface area contributed by atoms with Gasteiger partial charge in [-0.3, -0.25) is 0 Å². The Hall–Kier alpha value is -1.43. The topological polar surface area (TPSA) is 17.2 Å². The second kappa shape index (κ2) is 3.67. The third kappa shape index (κ3) is 2.34. The summed E-state index contributed by atoms with van der Waals surface area (Å²) >= 11 is 0. The molecule has 0 atom stereocenters. The largest absolute Gasteiger partial charge is 0.317 e. The SMILES string of the molecule is [C-]#[N+]CCc1ccc(F)nc1. The van der Waals surface area contributed by atoms with Gasteiger partial charge >= 0.3 is 0 Å². The van der Waals surface area contributed by atoms with Crippen LogP contribution in [-0.4, -0.2) is 11.5 Å². The Bertz CT molecular complexity index is 260. The van der Waals surface area contributed by atoms with E-state index in [9.17, 15) is 4.39 Å². The Balaban J connectivity index is 2.60. The maximum atomic E-state index is 12.2. The third-order valence-corrected chi connectivity index (χ3v) is 1.30. The molecule has 1 aromatic heterocycles. The van der Waals surface area contributed by atoms with Gasteiger partial charge in [-0.2, -0.15) is 4.39 Å². The van der Waals surface area contributed by atoms with Crippen molar-refractivity contribution in [2.75, 3.05) is 6.54 Å². The van der Waals surface area contributed by atoms with Crippen LogP contribution in [0.1, 0.15) is 5.56 Å². The predicted molar refractivity (Wildman–Crippen MR) is 39.4 cm³/mol. The summed E-state index contributed by atoms with van der Waals surface area (Å²) in [4.78, 5) is 6.64. The lowest BCUT2D eigenvalue weighted by Crippen LogP contribution is -1.89. The van der Waals surface area contributed by atoms with Crippen LogP contribution in [-0.2, 0) is 6.42 Å². The molecule has 11 heavy (non-hydrogen) atoms. The monoisotopic (exact) mass is 150 g/mol. The molecule has 0 saturated heterocycles. The number of nitrogens with zero attached hydrogens (tertiary/aromatic N) is 2. The molecule has 0 spiro atoms. The zero-order valence-corrected chi connectivity index (χ0v) is 5.92. The van der Waals surface area contributed by atoms with Crippen molar-refractivity contribution in [2.45, 2.75) is 6.42 Å². The van der Waals surface area contributed by atoms with E-state index >= 15 is 0 Å². The third-order valence-electron chi connectivity index (χ3n) is 1.30. The molecule has 2 nitrogen and oxygen atoms in total. The highest BCUT2D eigenvalue weighted by molar-refractivity contribution is 5.10. The smallest absolute Gasteiger partial charge is 0.218 e. The van der Waals surface area contributed by atoms with E-state index < -0.39 is 5.95 Å². The lowest BCUT2D eigenvalue weighted by molar-refractivity contribution is 0.582. The summed E-state index contributed by atoms with van der Waals surface area (Å²) in [5.74, 6) is -0.475. The first-order valence-corrected chi connectivity index (χ1v) is 3.26. The van der Waals surface area contributed by atoms with Crippen molar-refractivity contribution in [2.24, 2.45) is 0 Å². The molecule has 0 bridgehead atoms. The van der Waals surface area contributed by atoms with E-state index in [0.717, 1.165) is 5.56 Å². The molecule has 0 aliphatic carbocycles. The Kier molecular flexibility index (Phi) is 2.56. The van der Waals surface area contributed by atoms with Crippen molar-refractivity contribution in [1.82, 2.24) is 4.98 Å². The summed E-state index contributed by atoms with van der Waals surface area (Å²) in [6, 6.07) is 2.95. The molecule has 1 heterocycles. The second-order valence-corrected chi connectivity index (χ2v) is 2.12. The Morgan fingerprint density at radius 1 is 1.55 bits per heavy atom. The van der Waals surface area contributed by atoms with E-state index in [2.05, 4.69) is 9.83 Å². The first kappa shape index (κ1) is 7.67. The van der Waals surface area contributed by atoms with E-state index in [1.165, 1.54) is 12.3 Å². The van der Waals surface area contributed by atoms with Gasteiger partial charge in [0.1, 0.15) is 0 Å². The summed E-state index contributed by atoms with van der Waals surface area (Å²) in [5, 5.41) is 0. The normalized spacial score (nSPS) is 9.09. The highest BCUT2D eigenvalue weighted by Crippen LogP contribution is 1.99. The quantitative estimate of drug-likeness (QED) is 0.463. The van der Waals surface area contributed by atoms with Gasteiger partial charge in [-0.15, -0.1) is 0 Å². The van der Waals surface area contributed by atoms with E-state index in [-0.39, 0.29) is 0 Å². The van der Waals surface area contributed by atoms with Crippen LogP contribution >= 0.6 is 0 Å². The van der Waals surface area contributed by atoms with Crippen LogP contribution in [0.25, 0.3) is 4.85 Å². The molecule has 0 saturated carbocycles. The van der Waals surface area contributed by atoms with Gasteiger partial charge in [-0.1, -0.05) is 6.07 Å². The minimum atomic E-state index is -0.475. The van der Waals surface area contributed by atoms with Gasteiger partial charge in [-0.05, 0) is 11.6 Å². The van der Waals surface area contributed by atoms with Crippen molar-refractivity contribution in [3.63, 3.8) is 0 Å². The molecule has 0 aromatic carbocycles. The van der Waals surface area contributed by atoms with Gasteiger partial charge in [0.05, 0.1) is 0 Å². The summed E-state index contributed by atoms with van der Waals surface area (Å²) in [6.45, 7) is 6.96. The van der Waals surface area contributed by atoms with Gasteiger partial charge in [0.2, 0.25) is 12.5 Å². The summed E-state index contributed by atoms with van der Waals surface area (Å²) < 4.78 is 12.2. The Morgan fingerprint density at radius 2 is 2.36 bits per heavy atom. The number of hydrogen-bond acceptors (Lipinski definition) is 1. The number of pyridine rings is 1. The number of hydrogen-bond donors (Lipinski definition) is 0. The molecule has 0 aliphatic heterocycles. The molecule has 1 rings (SSSR count). The second-order valence-electron chi connectivity index (χ2n) is 2.12. The molecule has 0 fully saturated rings. The molecule has 0 unspecified atom stereocenters. The van der Waals surface area contributed by atoms with Gasteiger partial charge in [0.25, 0.3) is 0 Å². The molecular weight excluding hydrogens is 143 g/mol. The Labute approximate surface area is 64.5 Å². The van der Waals surface area contributed by atoms with Crippen LogP contribution in [0.3, 0.4) is 0 Å². The van der Waals surface area contributed by atoms with Crippen molar-refractivity contribution in [3.8, 4) is 0 Å². The van der Waals surface area contributed by atoms with Crippen molar-refractivity contribution >= 4 is 0 Å². The van der Waals surface area contributed by atoms with Crippen LogP contribution in [0.5, 0.6) is 0 Å². The Morgan fingerprint density at radius 3 is 2.91 bits per heavy atom. The minimum Gasteiger partial charge on any atom is -0.317 e. The van der Waals surface area contributed by atoms with Crippen LogP contribution in [0.2, 0.25) is 0 Å². The van der Waals surface area contributed by atoms with E-state index in [0.29, 0.717) is 13.0 Å². The van der Waals surface area contributed by atoms with Crippen molar-refractivity contribution in [3.05, 3.63) is 41.3 Å². The van der Waals surface area contributed by atoms with Crippen molar-refractivity contribution < 1.29 is 4.39 Å². The maximum absolute atomic E-state index is 12.2. The van der Waals surface area contributed by atoms with Crippen LogP contribution in [0, 0.1) is 12.5 Å². The minimum absolute atomic E-state index is 0.438. The first-order chi connectivity index (χ1) is 5.33. The van der Waals surface area contributed by atoms with Crippen LogP contribution in [0.4, 0.5) is 4.39 Å². The molecule has 3 heteroatoms. The average Bonchev–Trinajstić information content (AvgIpc) is 2.04. The fourth-order valence-corrected chi connectivity index (χ4v) is 0.739. The number of rotatable bonds is 2. The molecule has 1 aromatic rings. The number of aromatic nitrogens is 1. The molecule has 0 amide bonds. The van der Waals surface area contributed by atoms with Gasteiger partial charge in [0, 0.05) is 12.6 Å². The van der Waals surface area contributed by atoms with E-state index in [1.807, 2.05) is 0 Å². The average molecular weight is 150 g/mol. The molecule has 0 radical (unpaired) electrons. The molecule has 56 valence electrons. The highest BCUT2D eigenvalue weighted by atomic mass is 19.1. The summed E-state index contributed by atoms with van der Waals surface area (Å²) in [6.07, 6.45) is 2.11. The summed E-state index contributed by atoms with van der Waals surface area (Å²) in [7, 11) is 0. The number of halogens is 1. The fourth-order valence-electron chi connectivity index (χ4n) is 0.739. The highest BCUT2D eigenvalue weighted by Gasteiger charge is 1.95. The van der Waals surface area contributed by atoms with Gasteiger partial charge in [0.15, 0.2) is 0 Å². The lowest BCUT2D eigenvalue weighted by atomic mass is 10.2. The van der Waals surface area contributed by atoms with Crippen LogP contribution in [0.15, 0.2) is 18.3 Å². The van der Waals surface area contributed by atoms with Gasteiger partial charge < -0.3 is 4.85 Å². The summed E-state index contributed by atoms with van der Waals surface area (Å²) in [5.41, 5.74) is 0.905. The fraction of sp³-hybridized carbons (Fsp3) is 0.250. The van der Waals surface area contributed by atoms with Crippen LogP contribution < -0.4 is 0 Å². The van der Waals surface area contributed by atoms with Gasteiger partial charge in [-0.25, -0.2) is 11.6 Å². The van der Waals surface area contributed by atoms with E-state index in [1.54, 1.807) is 6.07 Å². The first-order valence-electron chi connectivity index (χ1n) is 3.26. The molecule has 0 aliphatic rings.